The lowest BCUT2D eigenvalue weighted by molar-refractivity contribution is -0.131. The quantitative estimate of drug-likeness (QED) is 0.728. The van der Waals surface area contributed by atoms with Crippen molar-refractivity contribution in [3.63, 3.8) is 0 Å². The Morgan fingerprint density at radius 3 is 2.00 bits per heavy atom. The Hall–Kier alpha value is -2.10. The molecule has 0 fully saturated rings. The van der Waals surface area contributed by atoms with Gasteiger partial charge in [-0.05, 0) is 18.6 Å². The molecule has 0 aliphatic heterocycles. The highest BCUT2D eigenvalue weighted by Crippen LogP contribution is 2.05. The molecule has 0 saturated carbocycles. The van der Waals surface area contributed by atoms with Crippen molar-refractivity contribution in [2.45, 2.75) is 6.92 Å². The summed E-state index contributed by atoms with van der Waals surface area (Å²) in [7, 11) is 0. The van der Waals surface area contributed by atoms with E-state index in [9.17, 15) is 9.59 Å². The minimum atomic E-state index is -0.981. The number of aliphatic carboxylic acids is 1. The maximum Gasteiger partial charge on any atom is 0.335 e. The molecular formula is C11H12O4. The molecule has 2 N–H and O–H groups in total. The molecule has 4 nitrogen and oxygen atoms in total. The van der Waals surface area contributed by atoms with Gasteiger partial charge >= 0.3 is 11.9 Å². The molecule has 0 aliphatic carbocycles. The molecule has 1 rings (SSSR count). The standard InChI is InChI=1S/C8H8O2.C3H4O2/c1-6-4-2-3-5-7(6)8(9)10;1-2-3(4)5/h2-5H,1H3,(H,9,10);2H,1H2,(H,4,5). The molecule has 1 aromatic carbocycles. The van der Waals surface area contributed by atoms with Crippen molar-refractivity contribution in [3.8, 4) is 0 Å². The van der Waals surface area contributed by atoms with Crippen molar-refractivity contribution in [3.05, 3.63) is 48.0 Å². The molecule has 0 aromatic heterocycles. The Labute approximate surface area is 87.5 Å². The van der Waals surface area contributed by atoms with Crippen molar-refractivity contribution in [2.24, 2.45) is 0 Å². The number of hydrogen-bond acceptors (Lipinski definition) is 2. The van der Waals surface area contributed by atoms with Crippen molar-refractivity contribution in [1.82, 2.24) is 0 Å². The number of carboxylic acid groups (broad SMARTS) is 2. The molecule has 0 spiro atoms. The zero-order chi connectivity index (χ0) is 11.8. The number of aromatic carboxylic acids is 1. The van der Waals surface area contributed by atoms with E-state index in [1.165, 1.54) is 0 Å². The van der Waals surface area contributed by atoms with Crippen molar-refractivity contribution in [1.29, 1.82) is 0 Å². The minimum absolute atomic E-state index is 0.377. The molecule has 80 valence electrons. The van der Waals surface area contributed by atoms with Crippen LogP contribution in [0.25, 0.3) is 0 Å². The van der Waals surface area contributed by atoms with Gasteiger partial charge in [0.25, 0.3) is 0 Å². The van der Waals surface area contributed by atoms with Gasteiger partial charge in [0.05, 0.1) is 5.56 Å². The molecule has 0 atom stereocenters. The Morgan fingerprint density at radius 2 is 1.73 bits per heavy atom. The van der Waals surface area contributed by atoms with E-state index in [1.54, 1.807) is 25.1 Å². The maximum absolute atomic E-state index is 10.4. The van der Waals surface area contributed by atoms with Gasteiger partial charge in [-0.15, -0.1) is 0 Å². The SMILES string of the molecule is C=CC(=O)O.Cc1ccccc1C(=O)O. The Morgan fingerprint density at radius 1 is 1.27 bits per heavy atom. The average Bonchev–Trinajstić information content (AvgIpc) is 2.19. The molecule has 0 bridgehead atoms. The highest BCUT2D eigenvalue weighted by molar-refractivity contribution is 5.89. The van der Waals surface area contributed by atoms with Crippen LogP contribution in [0.5, 0.6) is 0 Å². The highest BCUT2D eigenvalue weighted by Gasteiger charge is 2.02. The van der Waals surface area contributed by atoms with Crippen LogP contribution in [-0.2, 0) is 4.79 Å². The van der Waals surface area contributed by atoms with Gasteiger partial charge in [0, 0.05) is 6.08 Å². The van der Waals surface area contributed by atoms with Gasteiger partial charge in [-0.2, -0.15) is 0 Å². The third kappa shape index (κ3) is 5.25. The molecule has 0 radical (unpaired) electrons. The number of carbonyl (C=O) groups is 2. The van der Waals surface area contributed by atoms with Crippen LogP contribution in [-0.4, -0.2) is 22.2 Å². The van der Waals surface area contributed by atoms with E-state index in [2.05, 4.69) is 6.58 Å². The van der Waals surface area contributed by atoms with Gasteiger partial charge in [-0.1, -0.05) is 24.8 Å². The number of carboxylic acids is 2. The summed E-state index contributed by atoms with van der Waals surface area (Å²) in [5.74, 6) is -1.84. The zero-order valence-corrected chi connectivity index (χ0v) is 8.30. The van der Waals surface area contributed by atoms with Gasteiger partial charge in [0.2, 0.25) is 0 Å². The van der Waals surface area contributed by atoms with Gasteiger partial charge in [0.1, 0.15) is 0 Å². The molecule has 0 unspecified atom stereocenters. The Kier molecular flexibility index (Phi) is 5.48. The van der Waals surface area contributed by atoms with Crippen LogP contribution in [0.15, 0.2) is 36.9 Å². The first kappa shape index (κ1) is 12.9. The fourth-order valence-electron chi connectivity index (χ4n) is 0.813. The lowest BCUT2D eigenvalue weighted by Crippen LogP contribution is -1.97. The maximum atomic E-state index is 10.4. The van der Waals surface area contributed by atoms with E-state index in [0.717, 1.165) is 11.6 Å². The summed E-state index contributed by atoms with van der Waals surface area (Å²) in [6, 6.07) is 6.92. The molecule has 0 saturated heterocycles. The summed E-state index contributed by atoms with van der Waals surface area (Å²) >= 11 is 0. The zero-order valence-electron chi connectivity index (χ0n) is 8.30. The van der Waals surface area contributed by atoms with Crippen LogP contribution in [0.3, 0.4) is 0 Å². The molecule has 4 heteroatoms. The molecule has 0 amide bonds. The molecule has 0 heterocycles. The van der Waals surface area contributed by atoms with E-state index in [1.807, 2.05) is 6.07 Å². The van der Waals surface area contributed by atoms with Crippen LogP contribution in [0.1, 0.15) is 15.9 Å². The topological polar surface area (TPSA) is 74.6 Å². The van der Waals surface area contributed by atoms with E-state index in [4.69, 9.17) is 10.2 Å². The molecular weight excluding hydrogens is 196 g/mol. The molecule has 15 heavy (non-hydrogen) atoms. The van der Waals surface area contributed by atoms with Crippen LogP contribution in [0.2, 0.25) is 0 Å². The summed E-state index contributed by atoms with van der Waals surface area (Å²) in [5.41, 5.74) is 1.18. The van der Waals surface area contributed by atoms with Gasteiger partial charge < -0.3 is 10.2 Å². The largest absolute Gasteiger partial charge is 0.478 e. The Bertz CT molecular complexity index is 369. The van der Waals surface area contributed by atoms with E-state index in [0.29, 0.717) is 5.56 Å². The van der Waals surface area contributed by atoms with Crippen LogP contribution in [0, 0.1) is 6.92 Å². The summed E-state index contributed by atoms with van der Waals surface area (Å²) in [6.45, 7) is 4.74. The average molecular weight is 208 g/mol. The first-order valence-corrected chi connectivity index (χ1v) is 4.13. The third-order valence-corrected chi connectivity index (χ3v) is 1.55. The normalized spacial score (nSPS) is 8.33. The number of rotatable bonds is 2. The summed E-state index contributed by atoms with van der Waals surface area (Å²) in [5, 5.41) is 16.2. The third-order valence-electron chi connectivity index (χ3n) is 1.55. The monoisotopic (exact) mass is 208 g/mol. The van der Waals surface area contributed by atoms with Crippen molar-refractivity contribution in [2.75, 3.05) is 0 Å². The Balaban J connectivity index is 0.000000336. The van der Waals surface area contributed by atoms with Crippen LogP contribution >= 0.6 is 0 Å². The highest BCUT2D eigenvalue weighted by atomic mass is 16.4. The fraction of sp³-hybridized carbons (Fsp3) is 0.0909. The first-order chi connectivity index (χ1) is 6.99. The van der Waals surface area contributed by atoms with Crippen LogP contribution in [0.4, 0.5) is 0 Å². The number of aryl methyl sites for hydroxylation is 1. The molecule has 0 aliphatic rings. The lowest BCUT2D eigenvalue weighted by atomic mass is 10.1. The molecule has 1 aromatic rings. The van der Waals surface area contributed by atoms with Gasteiger partial charge in [0.15, 0.2) is 0 Å². The second kappa shape index (κ2) is 6.37. The van der Waals surface area contributed by atoms with Gasteiger partial charge in [-0.3, -0.25) is 0 Å². The summed E-state index contributed by atoms with van der Waals surface area (Å²) in [6.07, 6.45) is 0.833. The van der Waals surface area contributed by atoms with Crippen molar-refractivity contribution < 1.29 is 19.8 Å². The fourth-order valence-corrected chi connectivity index (χ4v) is 0.813. The predicted octanol–water partition coefficient (Wildman–Crippen LogP) is 1.95. The lowest BCUT2D eigenvalue weighted by Gasteiger charge is -1.96. The number of benzene rings is 1. The predicted molar refractivity (Wildman–Crippen MR) is 56.0 cm³/mol. The van der Waals surface area contributed by atoms with Crippen LogP contribution < -0.4 is 0 Å². The number of hydrogen-bond donors (Lipinski definition) is 2. The van der Waals surface area contributed by atoms with Crippen molar-refractivity contribution >= 4 is 11.9 Å². The minimum Gasteiger partial charge on any atom is -0.478 e. The summed E-state index contributed by atoms with van der Waals surface area (Å²) < 4.78 is 0. The first-order valence-electron chi connectivity index (χ1n) is 4.13. The van der Waals surface area contributed by atoms with E-state index >= 15 is 0 Å². The second-order valence-corrected chi connectivity index (χ2v) is 2.66. The van der Waals surface area contributed by atoms with Gasteiger partial charge in [-0.25, -0.2) is 9.59 Å². The van der Waals surface area contributed by atoms with E-state index in [-0.39, 0.29) is 0 Å². The smallest absolute Gasteiger partial charge is 0.335 e. The van der Waals surface area contributed by atoms with E-state index < -0.39 is 11.9 Å². The summed E-state index contributed by atoms with van der Waals surface area (Å²) in [4.78, 5) is 19.7. The second-order valence-electron chi connectivity index (χ2n) is 2.66.